The van der Waals surface area contributed by atoms with Gasteiger partial charge in [0.05, 0.1) is 0 Å². The van der Waals surface area contributed by atoms with Gasteiger partial charge in [0.25, 0.3) is 0 Å². The molecule has 0 aliphatic carbocycles. The lowest BCUT2D eigenvalue weighted by atomic mass is 10.1. The van der Waals surface area contributed by atoms with Gasteiger partial charge in [-0.05, 0) is 44.3 Å². The van der Waals surface area contributed by atoms with Crippen LogP contribution >= 0.6 is 11.3 Å². The summed E-state index contributed by atoms with van der Waals surface area (Å²) in [5, 5.41) is 1.89. The number of thiophene rings is 1. The standard InChI is InChI=1S/C13H19NO2S/c1-11(10-14-7-3-2-4-8-14)16-13(15)12-6-5-9-17-12/h5-6,9,11H,2-4,7-8,10H2,1H3/t11-/m0/s1. The summed E-state index contributed by atoms with van der Waals surface area (Å²) in [6, 6.07) is 3.68. The molecule has 0 amide bonds. The molecule has 2 heterocycles. The molecule has 0 unspecified atom stereocenters. The molecule has 17 heavy (non-hydrogen) atoms. The highest BCUT2D eigenvalue weighted by molar-refractivity contribution is 7.11. The van der Waals surface area contributed by atoms with E-state index >= 15 is 0 Å². The number of likely N-dealkylation sites (tertiary alicyclic amines) is 1. The van der Waals surface area contributed by atoms with Crippen LogP contribution < -0.4 is 0 Å². The van der Waals surface area contributed by atoms with Gasteiger partial charge in [0.15, 0.2) is 0 Å². The zero-order valence-corrected chi connectivity index (χ0v) is 11.0. The fourth-order valence-corrected chi connectivity index (χ4v) is 2.78. The van der Waals surface area contributed by atoms with E-state index in [1.54, 1.807) is 6.07 Å². The first-order valence-electron chi connectivity index (χ1n) is 6.22. The number of esters is 1. The lowest BCUT2D eigenvalue weighted by Gasteiger charge is -2.28. The summed E-state index contributed by atoms with van der Waals surface area (Å²) in [6.07, 6.45) is 3.85. The second kappa shape index (κ2) is 6.17. The Hall–Kier alpha value is -0.870. The van der Waals surface area contributed by atoms with Gasteiger partial charge in [-0.1, -0.05) is 12.5 Å². The molecule has 1 aliphatic heterocycles. The highest BCUT2D eigenvalue weighted by Gasteiger charge is 2.17. The number of ether oxygens (including phenoxy) is 1. The van der Waals surface area contributed by atoms with Gasteiger partial charge in [0, 0.05) is 6.54 Å². The van der Waals surface area contributed by atoms with Crippen LogP contribution in [0.25, 0.3) is 0 Å². The van der Waals surface area contributed by atoms with Crippen LogP contribution in [0.1, 0.15) is 35.9 Å². The van der Waals surface area contributed by atoms with E-state index in [9.17, 15) is 4.79 Å². The number of nitrogens with zero attached hydrogens (tertiary/aromatic N) is 1. The van der Waals surface area contributed by atoms with E-state index in [4.69, 9.17) is 4.74 Å². The van der Waals surface area contributed by atoms with Crippen molar-refractivity contribution >= 4 is 17.3 Å². The largest absolute Gasteiger partial charge is 0.457 e. The van der Waals surface area contributed by atoms with E-state index in [-0.39, 0.29) is 12.1 Å². The number of hydrogen-bond acceptors (Lipinski definition) is 4. The maximum Gasteiger partial charge on any atom is 0.348 e. The molecule has 94 valence electrons. The highest BCUT2D eigenvalue weighted by atomic mass is 32.1. The van der Waals surface area contributed by atoms with Gasteiger partial charge in [-0.2, -0.15) is 0 Å². The summed E-state index contributed by atoms with van der Waals surface area (Å²) in [5.41, 5.74) is 0. The van der Waals surface area contributed by atoms with Crippen LogP contribution in [-0.2, 0) is 4.74 Å². The molecule has 0 spiro atoms. The Morgan fingerprint density at radius 2 is 2.24 bits per heavy atom. The predicted octanol–water partition coefficient (Wildman–Crippen LogP) is 2.78. The summed E-state index contributed by atoms with van der Waals surface area (Å²) >= 11 is 1.43. The molecule has 1 aromatic rings. The van der Waals surface area contributed by atoms with E-state index in [0.717, 1.165) is 19.6 Å². The lowest BCUT2D eigenvalue weighted by Crippen LogP contribution is -2.37. The monoisotopic (exact) mass is 253 g/mol. The summed E-state index contributed by atoms with van der Waals surface area (Å²) in [6.45, 7) is 5.11. The second-order valence-corrected chi connectivity index (χ2v) is 5.50. The third-order valence-corrected chi connectivity index (χ3v) is 3.84. The Bertz CT molecular complexity index is 344. The molecule has 0 bridgehead atoms. The first-order valence-corrected chi connectivity index (χ1v) is 7.10. The molecule has 1 saturated heterocycles. The first-order chi connectivity index (χ1) is 8.25. The average Bonchev–Trinajstić information content (AvgIpc) is 2.83. The van der Waals surface area contributed by atoms with Crippen LogP contribution in [0, 0.1) is 0 Å². The van der Waals surface area contributed by atoms with Crippen molar-refractivity contribution in [2.24, 2.45) is 0 Å². The third kappa shape index (κ3) is 3.82. The Kier molecular flexibility index (Phi) is 4.57. The van der Waals surface area contributed by atoms with Crippen LogP contribution in [0.3, 0.4) is 0 Å². The van der Waals surface area contributed by atoms with Crippen LogP contribution in [0.15, 0.2) is 17.5 Å². The van der Waals surface area contributed by atoms with E-state index in [0.29, 0.717) is 4.88 Å². The Balaban J connectivity index is 1.76. The summed E-state index contributed by atoms with van der Waals surface area (Å²) in [7, 11) is 0. The van der Waals surface area contributed by atoms with Crippen LogP contribution in [0.5, 0.6) is 0 Å². The fourth-order valence-electron chi connectivity index (χ4n) is 2.18. The molecule has 3 nitrogen and oxygen atoms in total. The van der Waals surface area contributed by atoms with E-state index < -0.39 is 0 Å². The van der Waals surface area contributed by atoms with Crippen LogP contribution in [0.2, 0.25) is 0 Å². The van der Waals surface area contributed by atoms with Gasteiger partial charge in [0.2, 0.25) is 0 Å². The topological polar surface area (TPSA) is 29.5 Å². The number of hydrogen-bond donors (Lipinski definition) is 0. The van der Waals surface area contributed by atoms with Gasteiger partial charge in [-0.15, -0.1) is 11.3 Å². The molecule has 0 radical (unpaired) electrons. The van der Waals surface area contributed by atoms with Gasteiger partial charge in [-0.3, -0.25) is 4.90 Å². The van der Waals surface area contributed by atoms with Gasteiger partial charge >= 0.3 is 5.97 Å². The molecule has 1 aliphatic rings. The zero-order valence-electron chi connectivity index (χ0n) is 10.2. The Morgan fingerprint density at radius 1 is 1.47 bits per heavy atom. The molecule has 2 rings (SSSR count). The SMILES string of the molecule is C[C@@H](CN1CCCCC1)OC(=O)c1cccs1. The molecular formula is C13H19NO2S. The minimum atomic E-state index is -0.190. The van der Waals surface area contributed by atoms with Gasteiger partial charge in [-0.25, -0.2) is 4.79 Å². The highest BCUT2D eigenvalue weighted by Crippen LogP contribution is 2.13. The van der Waals surface area contributed by atoms with E-state index in [1.165, 1.54) is 30.6 Å². The van der Waals surface area contributed by atoms with Crippen LogP contribution in [0.4, 0.5) is 0 Å². The Labute approximate surface area is 106 Å². The lowest BCUT2D eigenvalue weighted by molar-refractivity contribution is 0.0241. The van der Waals surface area contributed by atoms with E-state index in [2.05, 4.69) is 4.90 Å². The summed E-state index contributed by atoms with van der Waals surface area (Å²) in [4.78, 5) is 14.8. The van der Waals surface area contributed by atoms with Crippen molar-refractivity contribution in [1.82, 2.24) is 4.90 Å². The molecule has 1 aromatic heterocycles. The van der Waals surface area contributed by atoms with Crippen molar-refractivity contribution in [3.63, 3.8) is 0 Å². The Morgan fingerprint density at radius 3 is 2.88 bits per heavy atom. The molecule has 1 fully saturated rings. The van der Waals surface area contributed by atoms with Gasteiger partial charge in [0.1, 0.15) is 11.0 Å². The second-order valence-electron chi connectivity index (χ2n) is 4.55. The van der Waals surface area contributed by atoms with Crippen molar-refractivity contribution in [2.45, 2.75) is 32.3 Å². The third-order valence-electron chi connectivity index (χ3n) is 2.99. The maximum absolute atomic E-state index is 11.7. The minimum Gasteiger partial charge on any atom is -0.457 e. The van der Waals surface area contributed by atoms with Crippen molar-refractivity contribution in [3.8, 4) is 0 Å². The minimum absolute atomic E-state index is 0.0253. The number of rotatable bonds is 4. The molecule has 4 heteroatoms. The molecule has 0 aromatic carbocycles. The molecule has 0 saturated carbocycles. The summed E-state index contributed by atoms with van der Waals surface area (Å²) in [5.74, 6) is -0.190. The molecule has 0 N–H and O–H groups in total. The van der Waals surface area contributed by atoms with Crippen molar-refractivity contribution in [3.05, 3.63) is 22.4 Å². The van der Waals surface area contributed by atoms with Crippen molar-refractivity contribution in [1.29, 1.82) is 0 Å². The number of carbonyl (C=O) groups is 1. The zero-order chi connectivity index (χ0) is 12.1. The smallest absolute Gasteiger partial charge is 0.348 e. The van der Waals surface area contributed by atoms with Crippen LogP contribution in [-0.4, -0.2) is 36.6 Å². The average molecular weight is 253 g/mol. The predicted molar refractivity (Wildman–Crippen MR) is 69.5 cm³/mol. The summed E-state index contributed by atoms with van der Waals surface area (Å²) < 4.78 is 5.43. The number of carbonyl (C=O) groups excluding carboxylic acids is 1. The first kappa shape index (κ1) is 12.6. The number of piperidine rings is 1. The molecule has 1 atom stereocenters. The van der Waals surface area contributed by atoms with Crippen molar-refractivity contribution < 1.29 is 9.53 Å². The maximum atomic E-state index is 11.7. The van der Waals surface area contributed by atoms with Crippen molar-refractivity contribution in [2.75, 3.05) is 19.6 Å². The quantitative estimate of drug-likeness (QED) is 0.773. The fraction of sp³-hybridized carbons (Fsp3) is 0.615. The van der Waals surface area contributed by atoms with Gasteiger partial charge < -0.3 is 4.74 Å². The van der Waals surface area contributed by atoms with E-state index in [1.807, 2.05) is 18.4 Å². The normalized spacial score (nSPS) is 18.9. The molecular weight excluding hydrogens is 234 g/mol.